The van der Waals surface area contributed by atoms with Crippen LogP contribution in [-0.2, 0) is 0 Å². The van der Waals surface area contributed by atoms with Gasteiger partial charge in [0, 0.05) is 12.0 Å². The van der Waals surface area contributed by atoms with E-state index in [1.54, 1.807) is 0 Å². The molecule has 1 fully saturated rings. The minimum absolute atomic E-state index is 0.118. The van der Waals surface area contributed by atoms with Crippen molar-refractivity contribution in [2.45, 2.75) is 32.8 Å². The maximum atomic E-state index is 9.71. The lowest BCUT2D eigenvalue weighted by atomic mass is 9.82. The van der Waals surface area contributed by atoms with Crippen molar-refractivity contribution in [2.75, 3.05) is 20.1 Å². The predicted molar refractivity (Wildman–Crippen MR) is 46.5 cm³/mol. The number of aliphatic hydroxyl groups is 1. The molecule has 1 saturated heterocycles. The highest BCUT2D eigenvalue weighted by Crippen LogP contribution is 2.33. The van der Waals surface area contributed by atoms with Gasteiger partial charge in [0.1, 0.15) is 0 Å². The molecule has 2 unspecified atom stereocenters. The average molecular weight is 157 g/mol. The van der Waals surface area contributed by atoms with Crippen molar-refractivity contribution in [3.63, 3.8) is 0 Å². The van der Waals surface area contributed by atoms with Crippen LogP contribution in [0.4, 0.5) is 0 Å². The molecule has 1 aliphatic heterocycles. The number of aliphatic hydroxyl groups excluding tert-OH is 1. The monoisotopic (exact) mass is 157 g/mol. The first-order valence-electron chi connectivity index (χ1n) is 4.45. The summed E-state index contributed by atoms with van der Waals surface area (Å²) in [6.45, 7) is 6.41. The molecule has 2 atom stereocenters. The first-order chi connectivity index (χ1) is 5.08. The van der Waals surface area contributed by atoms with E-state index < -0.39 is 0 Å². The van der Waals surface area contributed by atoms with E-state index in [2.05, 4.69) is 18.9 Å². The van der Waals surface area contributed by atoms with Gasteiger partial charge in [-0.2, -0.15) is 0 Å². The number of nitrogens with zero attached hydrogens (tertiary/aromatic N) is 1. The first-order valence-corrected chi connectivity index (χ1v) is 4.45. The van der Waals surface area contributed by atoms with Gasteiger partial charge in [0.25, 0.3) is 0 Å². The summed E-state index contributed by atoms with van der Waals surface area (Å²) in [6.07, 6.45) is 1.90. The minimum Gasteiger partial charge on any atom is -0.393 e. The number of rotatable bonds is 2. The second-order valence-electron chi connectivity index (χ2n) is 4.07. The van der Waals surface area contributed by atoms with E-state index in [0.717, 1.165) is 25.9 Å². The van der Waals surface area contributed by atoms with Crippen LogP contribution in [-0.4, -0.2) is 36.2 Å². The lowest BCUT2D eigenvalue weighted by Crippen LogP contribution is -2.34. The van der Waals surface area contributed by atoms with Crippen LogP contribution >= 0.6 is 0 Å². The number of hydrogen-bond acceptors (Lipinski definition) is 2. The Morgan fingerprint density at radius 2 is 2.27 bits per heavy atom. The van der Waals surface area contributed by atoms with Crippen molar-refractivity contribution in [3.8, 4) is 0 Å². The Bertz CT molecular complexity index is 138. The van der Waals surface area contributed by atoms with Gasteiger partial charge in [-0.05, 0) is 26.4 Å². The topological polar surface area (TPSA) is 23.5 Å². The van der Waals surface area contributed by atoms with Crippen LogP contribution in [0.5, 0.6) is 0 Å². The molecular formula is C9H19NO. The molecule has 0 aromatic heterocycles. The summed E-state index contributed by atoms with van der Waals surface area (Å²) >= 11 is 0. The van der Waals surface area contributed by atoms with E-state index in [1.165, 1.54) is 0 Å². The molecule has 11 heavy (non-hydrogen) atoms. The number of likely N-dealkylation sites (tertiary alicyclic amines) is 1. The van der Waals surface area contributed by atoms with Crippen LogP contribution in [0, 0.1) is 5.41 Å². The van der Waals surface area contributed by atoms with Crippen LogP contribution in [0.1, 0.15) is 26.7 Å². The van der Waals surface area contributed by atoms with Gasteiger partial charge in [0.2, 0.25) is 0 Å². The van der Waals surface area contributed by atoms with Crippen LogP contribution < -0.4 is 0 Å². The summed E-state index contributed by atoms with van der Waals surface area (Å²) in [6, 6.07) is 0. The highest BCUT2D eigenvalue weighted by Gasteiger charge is 2.37. The zero-order chi connectivity index (χ0) is 8.48. The first kappa shape index (κ1) is 9.01. The minimum atomic E-state index is -0.118. The summed E-state index contributed by atoms with van der Waals surface area (Å²) in [5.41, 5.74) is 0.156. The zero-order valence-electron chi connectivity index (χ0n) is 7.80. The molecular weight excluding hydrogens is 138 g/mol. The maximum absolute atomic E-state index is 9.71. The van der Waals surface area contributed by atoms with Crippen molar-refractivity contribution in [1.82, 2.24) is 4.90 Å². The van der Waals surface area contributed by atoms with Gasteiger partial charge >= 0.3 is 0 Å². The Hall–Kier alpha value is -0.0800. The van der Waals surface area contributed by atoms with Crippen LogP contribution in [0.2, 0.25) is 0 Å². The Morgan fingerprint density at radius 1 is 1.64 bits per heavy atom. The summed E-state index contributed by atoms with van der Waals surface area (Å²) < 4.78 is 0. The molecule has 1 N–H and O–H groups in total. The average Bonchev–Trinajstić information content (AvgIpc) is 2.31. The zero-order valence-corrected chi connectivity index (χ0v) is 7.80. The second-order valence-corrected chi connectivity index (χ2v) is 4.07. The molecule has 0 bridgehead atoms. The van der Waals surface area contributed by atoms with Gasteiger partial charge in [0.15, 0.2) is 0 Å². The Morgan fingerprint density at radius 3 is 2.64 bits per heavy atom. The van der Waals surface area contributed by atoms with Crippen molar-refractivity contribution < 1.29 is 5.11 Å². The largest absolute Gasteiger partial charge is 0.393 e. The highest BCUT2D eigenvalue weighted by atomic mass is 16.3. The SMILES string of the molecule is CCC(O)C1(C)CCN(C)C1. The van der Waals surface area contributed by atoms with Crippen molar-refractivity contribution in [3.05, 3.63) is 0 Å². The summed E-state index contributed by atoms with van der Waals surface area (Å²) in [5.74, 6) is 0. The summed E-state index contributed by atoms with van der Waals surface area (Å²) in [7, 11) is 2.12. The molecule has 0 aromatic carbocycles. The molecule has 0 aromatic rings. The fourth-order valence-electron chi connectivity index (χ4n) is 1.99. The molecule has 0 spiro atoms. The predicted octanol–water partition coefficient (Wildman–Crippen LogP) is 1.10. The van der Waals surface area contributed by atoms with E-state index in [9.17, 15) is 5.11 Å². The normalized spacial score (nSPS) is 36.0. The molecule has 2 nitrogen and oxygen atoms in total. The standard InChI is InChI=1S/C9H19NO/c1-4-8(11)9(2)5-6-10(3)7-9/h8,11H,4-7H2,1-3H3. The van der Waals surface area contributed by atoms with Crippen molar-refractivity contribution >= 4 is 0 Å². The molecule has 1 heterocycles. The molecule has 66 valence electrons. The lowest BCUT2D eigenvalue weighted by molar-refractivity contribution is 0.0420. The van der Waals surface area contributed by atoms with Crippen molar-refractivity contribution in [2.24, 2.45) is 5.41 Å². The van der Waals surface area contributed by atoms with Crippen molar-refractivity contribution in [1.29, 1.82) is 0 Å². The Labute approximate surface area is 69.2 Å². The molecule has 1 rings (SSSR count). The smallest absolute Gasteiger partial charge is 0.0603 e. The fourth-order valence-corrected chi connectivity index (χ4v) is 1.99. The molecule has 0 amide bonds. The van der Waals surface area contributed by atoms with Crippen LogP contribution in [0.25, 0.3) is 0 Å². The van der Waals surface area contributed by atoms with Crippen LogP contribution in [0.15, 0.2) is 0 Å². The molecule has 0 saturated carbocycles. The van der Waals surface area contributed by atoms with E-state index >= 15 is 0 Å². The molecule has 0 radical (unpaired) electrons. The second kappa shape index (κ2) is 3.11. The van der Waals surface area contributed by atoms with Gasteiger partial charge in [0.05, 0.1) is 6.10 Å². The third-order valence-corrected chi connectivity index (χ3v) is 2.89. The lowest BCUT2D eigenvalue weighted by Gasteiger charge is -2.28. The molecule has 2 heteroatoms. The fraction of sp³-hybridized carbons (Fsp3) is 1.00. The third kappa shape index (κ3) is 1.74. The number of hydrogen-bond donors (Lipinski definition) is 1. The van der Waals surface area contributed by atoms with Gasteiger partial charge < -0.3 is 10.0 Å². The van der Waals surface area contributed by atoms with Gasteiger partial charge in [-0.1, -0.05) is 13.8 Å². The van der Waals surface area contributed by atoms with E-state index in [-0.39, 0.29) is 11.5 Å². The van der Waals surface area contributed by atoms with E-state index in [1.807, 2.05) is 6.92 Å². The molecule has 0 aliphatic carbocycles. The quantitative estimate of drug-likeness (QED) is 0.649. The van der Waals surface area contributed by atoms with Gasteiger partial charge in [-0.15, -0.1) is 0 Å². The Kier molecular flexibility index (Phi) is 2.55. The summed E-state index contributed by atoms with van der Waals surface area (Å²) in [4.78, 5) is 2.29. The van der Waals surface area contributed by atoms with Gasteiger partial charge in [-0.3, -0.25) is 0 Å². The molecule has 1 aliphatic rings. The Balaban J connectivity index is 2.54. The summed E-state index contributed by atoms with van der Waals surface area (Å²) in [5, 5.41) is 9.71. The third-order valence-electron chi connectivity index (χ3n) is 2.89. The van der Waals surface area contributed by atoms with Crippen LogP contribution in [0.3, 0.4) is 0 Å². The van der Waals surface area contributed by atoms with E-state index in [4.69, 9.17) is 0 Å². The highest BCUT2D eigenvalue weighted by molar-refractivity contribution is 4.89. The van der Waals surface area contributed by atoms with E-state index in [0.29, 0.717) is 0 Å². The van der Waals surface area contributed by atoms with Gasteiger partial charge in [-0.25, -0.2) is 0 Å². The maximum Gasteiger partial charge on any atom is 0.0603 e.